The van der Waals surface area contributed by atoms with Gasteiger partial charge in [-0.05, 0) is 6.42 Å². The van der Waals surface area contributed by atoms with Crippen LogP contribution >= 0.6 is 0 Å². The summed E-state index contributed by atoms with van der Waals surface area (Å²) >= 11 is 0. The zero-order chi connectivity index (χ0) is 13.2. The van der Waals surface area contributed by atoms with Crippen molar-refractivity contribution in [3.63, 3.8) is 0 Å². The first-order chi connectivity index (χ1) is 8.83. The molecule has 1 aromatic rings. The molecule has 0 aliphatic heterocycles. The highest BCUT2D eigenvalue weighted by molar-refractivity contribution is 5.63. The minimum absolute atomic E-state index is 0.0543. The lowest BCUT2D eigenvalue weighted by molar-refractivity contribution is 0.0922. The van der Waals surface area contributed by atoms with Gasteiger partial charge in [-0.25, -0.2) is 9.97 Å². The van der Waals surface area contributed by atoms with Gasteiger partial charge in [0.2, 0.25) is 5.75 Å². The van der Waals surface area contributed by atoms with E-state index >= 15 is 0 Å². The van der Waals surface area contributed by atoms with Crippen LogP contribution in [0.5, 0.6) is 5.75 Å². The molecular weight excluding hydrogens is 236 g/mol. The minimum atomic E-state index is 0.0543. The van der Waals surface area contributed by atoms with Gasteiger partial charge in [-0.1, -0.05) is 0 Å². The van der Waals surface area contributed by atoms with Crippen molar-refractivity contribution in [1.82, 2.24) is 9.97 Å². The second-order valence-corrected chi connectivity index (χ2v) is 3.47. The van der Waals surface area contributed by atoms with E-state index in [2.05, 4.69) is 20.6 Å². The van der Waals surface area contributed by atoms with Gasteiger partial charge < -0.3 is 25.2 Å². The monoisotopic (exact) mass is 256 g/mol. The van der Waals surface area contributed by atoms with E-state index in [1.807, 2.05) is 0 Å². The number of ether oxygens (including phenoxy) is 2. The molecule has 0 bridgehead atoms. The summed E-state index contributed by atoms with van der Waals surface area (Å²) in [6.45, 7) is 1.74. The molecule has 1 aromatic heterocycles. The molecule has 7 nitrogen and oxygen atoms in total. The molecule has 0 fully saturated rings. The van der Waals surface area contributed by atoms with E-state index in [0.717, 1.165) is 6.42 Å². The Bertz CT molecular complexity index is 349. The van der Waals surface area contributed by atoms with Gasteiger partial charge in [-0.2, -0.15) is 0 Å². The zero-order valence-electron chi connectivity index (χ0n) is 10.8. The zero-order valence-corrected chi connectivity index (χ0v) is 10.8. The Hall–Kier alpha value is -1.60. The molecule has 3 N–H and O–H groups in total. The van der Waals surface area contributed by atoms with Gasteiger partial charge in [0.1, 0.15) is 6.33 Å². The molecular formula is C11H20N4O3. The Morgan fingerprint density at radius 3 is 2.72 bits per heavy atom. The topological polar surface area (TPSA) is 88.5 Å². The van der Waals surface area contributed by atoms with E-state index in [4.69, 9.17) is 14.6 Å². The van der Waals surface area contributed by atoms with Crippen LogP contribution in [0, 0.1) is 0 Å². The third-order valence-corrected chi connectivity index (χ3v) is 2.24. The second kappa shape index (κ2) is 8.48. The van der Waals surface area contributed by atoms with Gasteiger partial charge in [0, 0.05) is 20.2 Å². The normalized spacial score (nSPS) is 10.2. The average Bonchev–Trinajstić information content (AvgIpc) is 2.42. The molecule has 0 saturated carbocycles. The highest BCUT2D eigenvalue weighted by atomic mass is 16.5. The van der Waals surface area contributed by atoms with Crippen molar-refractivity contribution in [2.45, 2.75) is 6.42 Å². The van der Waals surface area contributed by atoms with Crippen LogP contribution in [-0.2, 0) is 4.74 Å². The van der Waals surface area contributed by atoms with Crippen molar-refractivity contribution in [2.24, 2.45) is 0 Å². The minimum Gasteiger partial charge on any atom is -0.490 e. The van der Waals surface area contributed by atoms with Crippen LogP contribution in [0.4, 0.5) is 11.6 Å². The summed E-state index contributed by atoms with van der Waals surface area (Å²) in [4.78, 5) is 8.18. The Kier molecular flexibility index (Phi) is 6.82. The number of hydrogen-bond acceptors (Lipinski definition) is 7. The van der Waals surface area contributed by atoms with Crippen molar-refractivity contribution in [1.29, 1.82) is 0 Å². The summed E-state index contributed by atoms with van der Waals surface area (Å²) in [5.41, 5.74) is 0. The van der Waals surface area contributed by atoms with Crippen molar-refractivity contribution in [3.05, 3.63) is 6.33 Å². The lowest BCUT2D eigenvalue weighted by atomic mass is 10.4. The number of anilines is 2. The summed E-state index contributed by atoms with van der Waals surface area (Å²) < 4.78 is 10.4. The number of aliphatic hydroxyl groups excluding tert-OH is 1. The highest BCUT2D eigenvalue weighted by Gasteiger charge is 2.09. The summed E-state index contributed by atoms with van der Waals surface area (Å²) in [7, 11) is 3.35. The summed E-state index contributed by atoms with van der Waals surface area (Å²) in [6, 6.07) is 0. The number of aromatic nitrogens is 2. The van der Waals surface area contributed by atoms with Crippen LogP contribution < -0.4 is 15.4 Å². The number of rotatable bonds is 9. The smallest absolute Gasteiger partial charge is 0.204 e. The molecule has 0 aliphatic carbocycles. The molecule has 0 unspecified atom stereocenters. The second-order valence-electron chi connectivity index (χ2n) is 3.47. The van der Waals surface area contributed by atoms with E-state index in [9.17, 15) is 0 Å². The van der Waals surface area contributed by atoms with Crippen LogP contribution in [0.25, 0.3) is 0 Å². The fourth-order valence-corrected chi connectivity index (χ4v) is 1.42. The van der Waals surface area contributed by atoms with Crippen LogP contribution in [0.3, 0.4) is 0 Å². The predicted molar refractivity (Wildman–Crippen MR) is 69.1 cm³/mol. The molecule has 0 radical (unpaired) electrons. The van der Waals surface area contributed by atoms with Crippen LogP contribution in [0.2, 0.25) is 0 Å². The Morgan fingerprint density at radius 2 is 2.06 bits per heavy atom. The fraction of sp³-hybridized carbons (Fsp3) is 0.636. The number of hydrogen-bond donors (Lipinski definition) is 3. The molecule has 18 heavy (non-hydrogen) atoms. The number of aliphatic hydroxyl groups is 1. The van der Waals surface area contributed by atoms with Crippen LogP contribution in [-0.4, -0.2) is 55.6 Å². The van der Waals surface area contributed by atoms with E-state index in [1.165, 1.54) is 6.33 Å². The van der Waals surface area contributed by atoms with E-state index in [-0.39, 0.29) is 6.61 Å². The fourth-order valence-electron chi connectivity index (χ4n) is 1.42. The predicted octanol–water partition coefficient (Wildman–Crippen LogP) is 0.338. The SMILES string of the molecule is CNc1ncnc(NCCCOCCO)c1OC. The maximum Gasteiger partial charge on any atom is 0.204 e. The number of nitrogens with one attached hydrogen (secondary N) is 2. The van der Waals surface area contributed by atoms with Crippen molar-refractivity contribution >= 4 is 11.6 Å². The number of nitrogens with zero attached hydrogens (tertiary/aromatic N) is 2. The molecule has 0 spiro atoms. The third-order valence-electron chi connectivity index (χ3n) is 2.24. The largest absolute Gasteiger partial charge is 0.490 e. The van der Waals surface area contributed by atoms with Gasteiger partial charge in [0.25, 0.3) is 0 Å². The first kappa shape index (κ1) is 14.5. The molecule has 1 rings (SSSR count). The van der Waals surface area contributed by atoms with Gasteiger partial charge in [0.15, 0.2) is 11.6 Å². The van der Waals surface area contributed by atoms with Gasteiger partial charge in [0.05, 0.1) is 20.3 Å². The molecule has 0 aromatic carbocycles. The highest BCUT2D eigenvalue weighted by Crippen LogP contribution is 2.28. The summed E-state index contributed by atoms with van der Waals surface area (Å²) in [6.07, 6.45) is 2.29. The van der Waals surface area contributed by atoms with Crippen molar-refractivity contribution < 1.29 is 14.6 Å². The maximum atomic E-state index is 8.55. The van der Waals surface area contributed by atoms with E-state index in [0.29, 0.717) is 37.1 Å². The molecule has 0 atom stereocenters. The molecule has 7 heteroatoms. The molecule has 0 aliphatic rings. The van der Waals surface area contributed by atoms with Crippen LogP contribution in [0.15, 0.2) is 6.33 Å². The Morgan fingerprint density at radius 1 is 1.28 bits per heavy atom. The summed E-state index contributed by atoms with van der Waals surface area (Å²) in [5.74, 6) is 1.89. The average molecular weight is 256 g/mol. The Balaban J connectivity index is 2.41. The van der Waals surface area contributed by atoms with Crippen LogP contribution in [0.1, 0.15) is 6.42 Å². The lowest BCUT2D eigenvalue weighted by Crippen LogP contribution is -2.10. The first-order valence-corrected chi connectivity index (χ1v) is 5.82. The molecule has 102 valence electrons. The standard InChI is InChI=1S/C11H20N4O3/c1-12-10-9(17-2)11(15-8-14-10)13-4-3-6-18-7-5-16/h8,16H,3-7H2,1-2H3,(H2,12,13,14,15). The lowest BCUT2D eigenvalue weighted by Gasteiger charge is -2.12. The Labute approximate surface area is 107 Å². The first-order valence-electron chi connectivity index (χ1n) is 5.82. The van der Waals surface area contributed by atoms with E-state index in [1.54, 1.807) is 14.2 Å². The third kappa shape index (κ3) is 4.34. The van der Waals surface area contributed by atoms with Gasteiger partial charge in [-0.15, -0.1) is 0 Å². The van der Waals surface area contributed by atoms with Gasteiger partial charge >= 0.3 is 0 Å². The van der Waals surface area contributed by atoms with Gasteiger partial charge in [-0.3, -0.25) is 0 Å². The molecule has 0 amide bonds. The summed E-state index contributed by atoms with van der Waals surface area (Å²) in [5, 5.41) is 14.6. The molecule has 0 saturated heterocycles. The van der Waals surface area contributed by atoms with Crippen molar-refractivity contribution in [3.8, 4) is 5.75 Å². The van der Waals surface area contributed by atoms with E-state index < -0.39 is 0 Å². The quantitative estimate of drug-likeness (QED) is 0.549. The molecule has 1 heterocycles. The number of methoxy groups -OCH3 is 1. The maximum absolute atomic E-state index is 8.55. The van der Waals surface area contributed by atoms with Crippen molar-refractivity contribution in [2.75, 3.05) is 51.2 Å².